The van der Waals surface area contributed by atoms with Crippen LogP contribution in [0.4, 0.5) is 14.5 Å². The van der Waals surface area contributed by atoms with E-state index < -0.39 is 0 Å². The van der Waals surface area contributed by atoms with E-state index in [4.69, 9.17) is 0 Å². The van der Waals surface area contributed by atoms with Crippen molar-refractivity contribution in [2.45, 2.75) is 6.42 Å². The van der Waals surface area contributed by atoms with Gasteiger partial charge in [-0.25, -0.2) is 8.78 Å². The molecule has 5 nitrogen and oxygen atoms in total. The van der Waals surface area contributed by atoms with Crippen LogP contribution in [0.25, 0.3) is 28.2 Å². The summed E-state index contributed by atoms with van der Waals surface area (Å²) < 4.78 is 30.2. The highest BCUT2D eigenvalue weighted by molar-refractivity contribution is 8.07. The van der Waals surface area contributed by atoms with Crippen LogP contribution in [0, 0.1) is 11.6 Å². The summed E-state index contributed by atoms with van der Waals surface area (Å²) in [5, 5.41) is 4.80. The topological polar surface area (TPSA) is 40.5 Å². The van der Waals surface area contributed by atoms with Crippen LogP contribution >= 0.6 is 11.8 Å². The lowest BCUT2D eigenvalue weighted by atomic mass is 10.1. The molecule has 0 atom stereocenters. The first-order chi connectivity index (χ1) is 18.9. The number of halogens is 2. The van der Waals surface area contributed by atoms with Crippen LogP contribution in [0.3, 0.4) is 0 Å². The second-order valence-corrected chi connectivity index (χ2v) is 11.2. The molecule has 3 heterocycles. The summed E-state index contributed by atoms with van der Waals surface area (Å²) >= 11 is 1.56. The Balaban J connectivity index is 1.42. The van der Waals surface area contributed by atoms with Gasteiger partial charge in [-0.3, -0.25) is 4.79 Å². The van der Waals surface area contributed by atoms with Crippen LogP contribution in [-0.2, 0) is 4.79 Å². The van der Waals surface area contributed by atoms with Gasteiger partial charge in [-0.2, -0.15) is 0 Å². The molecule has 2 aliphatic heterocycles. The molecule has 0 aliphatic carbocycles. The molecule has 1 N–H and O–H groups in total. The van der Waals surface area contributed by atoms with Crippen molar-refractivity contribution in [2.75, 3.05) is 39.0 Å². The minimum atomic E-state index is -0.369. The monoisotopic (exact) mass is 542 g/mol. The minimum Gasteiger partial charge on any atom is -0.361 e. The summed E-state index contributed by atoms with van der Waals surface area (Å²) in [5.41, 5.74) is 4.50. The van der Waals surface area contributed by atoms with E-state index in [0.29, 0.717) is 23.4 Å². The number of thioether (sulfide) groups is 1. The van der Waals surface area contributed by atoms with Crippen LogP contribution in [0.15, 0.2) is 82.9 Å². The quantitative estimate of drug-likeness (QED) is 0.280. The van der Waals surface area contributed by atoms with Crippen molar-refractivity contribution in [3.63, 3.8) is 0 Å². The number of benzene rings is 3. The number of nitrogens with zero attached hydrogens (tertiary/aromatic N) is 3. The van der Waals surface area contributed by atoms with Crippen molar-refractivity contribution in [1.82, 2.24) is 14.4 Å². The molecule has 8 heteroatoms. The number of amides is 1. The van der Waals surface area contributed by atoms with Crippen molar-refractivity contribution in [1.29, 1.82) is 0 Å². The van der Waals surface area contributed by atoms with Crippen molar-refractivity contribution in [3.8, 4) is 5.69 Å². The normalized spacial score (nSPS) is 18.0. The lowest BCUT2D eigenvalue weighted by Gasteiger charge is -2.21. The predicted molar refractivity (Wildman–Crippen MR) is 155 cm³/mol. The van der Waals surface area contributed by atoms with Crippen molar-refractivity contribution in [2.24, 2.45) is 0 Å². The van der Waals surface area contributed by atoms with Crippen LogP contribution in [0.2, 0.25) is 0 Å². The van der Waals surface area contributed by atoms with Gasteiger partial charge in [0.1, 0.15) is 11.6 Å². The predicted octanol–water partition coefficient (Wildman–Crippen LogP) is 6.57. The minimum absolute atomic E-state index is 0.209. The number of anilines is 1. The Morgan fingerprint density at radius 2 is 1.85 bits per heavy atom. The highest BCUT2D eigenvalue weighted by atomic mass is 32.2. The fraction of sp³-hybridized carbons (Fsp3) is 0.194. The molecular weight excluding hydrogens is 514 g/mol. The van der Waals surface area contributed by atoms with Gasteiger partial charge in [0.2, 0.25) is 0 Å². The Bertz CT molecular complexity index is 1660. The van der Waals surface area contributed by atoms with Gasteiger partial charge in [-0.15, -0.1) is 0 Å². The Morgan fingerprint density at radius 3 is 2.67 bits per heavy atom. The van der Waals surface area contributed by atoms with E-state index in [1.807, 2.05) is 49.1 Å². The van der Waals surface area contributed by atoms with Crippen molar-refractivity contribution < 1.29 is 13.6 Å². The van der Waals surface area contributed by atoms with E-state index in [-0.39, 0.29) is 17.5 Å². The Kier molecular flexibility index (Phi) is 6.74. The summed E-state index contributed by atoms with van der Waals surface area (Å²) in [7, 11) is 4.09. The van der Waals surface area contributed by atoms with Gasteiger partial charge in [0.05, 0.1) is 16.1 Å². The first-order valence-electron chi connectivity index (χ1n) is 12.9. The highest BCUT2D eigenvalue weighted by Gasteiger charge is 2.34. The van der Waals surface area contributed by atoms with Gasteiger partial charge < -0.3 is 19.7 Å². The van der Waals surface area contributed by atoms with Gasteiger partial charge in [-0.05, 0) is 75.6 Å². The average Bonchev–Trinajstić information content (AvgIpc) is 3.57. The number of fused-ring (bicyclic) bond motifs is 2. The van der Waals surface area contributed by atoms with E-state index in [9.17, 15) is 13.6 Å². The second kappa shape index (κ2) is 10.4. The maximum atomic E-state index is 14.2. The van der Waals surface area contributed by atoms with E-state index in [1.54, 1.807) is 23.9 Å². The Morgan fingerprint density at radius 1 is 1.03 bits per heavy atom. The summed E-state index contributed by atoms with van der Waals surface area (Å²) in [6, 6.07) is 19.0. The number of aromatic nitrogens is 1. The summed E-state index contributed by atoms with van der Waals surface area (Å²) in [5.74, 6) is -0.862. The van der Waals surface area contributed by atoms with Crippen LogP contribution in [-0.4, -0.2) is 54.0 Å². The number of rotatable bonds is 6. The van der Waals surface area contributed by atoms with E-state index in [0.717, 1.165) is 51.6 Å². The molecule has 0 radical (unpaired) electrons. The van der Waals surface area contributed by atoms with Gasteiger partial charge in [0, 0.05) is 52.1 Å². The third kappa shape index (κ3) is 4.97. The Hall–Kier alpha value is -3.88. The number of carbonyl (C=O) groups is 1. The molecule has 1 aromatic heterocycles. The van der Waals surface area contributed by atoms with E-state index >= 15 is 0 Å². The lowest BCUT2D eigenvalue weighted by molar-refractivity contribution is -0.110. The van der Waals surface area contributed by atoms with E-state index in [1.165, 1.54) is 24.3 Å². The molecule has 0 bridgehead atoms. The van der Waals surface area contributed by atoms with Crippen LogP contribution in [0.1, 0.15) is 17.5 Å². The third-order valence-electron chi connectivity index (χ3n) is 6.98. The summed E-state index contributed by atoms with van der Waals surface area (Å²) in [4.78, 5) is 18.5. The van der Waals surface area contributed by atoms with Crippen LogP contribution < -0.4 is 5.32 Å². The molecule has 1 fully saturated rings. The molecule has 0 saturated carbocycles. The maximum Gasteiger partial charge on any atom is 0.259 e. The number of para-hydroxylation sites is 1. The van der Waals surface area contributed by atoms with Crippen molar-refractivity contribution >= 4 is 45.9 Å². The van der Waals surface area contributed by atoms with Gasteiger partial charge in [0.25, 0.3) is 5.91 Å². The molecule has 6 rings (SSSR count). The summed E-state index contributed by atoms with van der Waals surface area (Å²) in [6.07, 6.45) is 5.10. The second-order valence-electron chi connectivity index (χ2n) is 10.1. The molecule has 0 unspecified atom stereocenters. The molecule has 198 valence electrons. The van der Waals surface area contributed by atoms with Gasteiger partial charge >= 0.3 is 0 Å². The molecule has 1 saturated heterocycles. The first kappa shape index (κ1) is 25.4. The zero-order valence-corrected chi connectivity index (χ0v) is 22.6. The lowest BCUT2D eigenvalue weighted by Crippen LogP contribution is -2.25. The zero-order chi connectivity index (χ0) is 27.1. The number of hydrogen-bond acceptors (Lipinski definition) is 4. The third-order valence-corrected chi connectivity index (χ3v) is 8.15. The molecule has 0 spiro atoms. The number of carbonyl (C=O) groups excluding carboxylic acids is 1. The smallest absolute Gasteiger partial charge is 0.259 e. The number of hydrogen-bond donors (Lipinski definition) is 1. The molecule has 39 heavy (non-hydrogen) atoms. The number of nitrogens with one attached hydrogen (secondary N) is 1. The average molecular weight is 543 g/mol. The highest BCUT2D eigenvalue weighted by Crippen LogP contribution is 2.46. The Labute approximate surface area is 230 Å². The van der Waals surface area contributed by atoms with Gasteiger partial charge in [-0.1, -0.05) is 36.0 Å². The molecular formula is C31H28F2N4OS. The summed E-state index contributed by atoms with van der Waals surface area (Å²) in [6.45, 7) is 2.33. The fourth-order valence-electron chi connectivity index (χ4n) is 5.21. The first-order valence-corrected chi connectivity index (χ1v) is 13.7. The zero-order valence-electron chi connectivity index (χ0n) is 21.7. The largest absolute Gasteiger partial charge is 0.361 e. The maximum absolute atomic E-state index is 14.2. The molecule has 4 aromatic rings. The molecule has 2 aliphatic rings. The standard InChI is InChI=1S/C31H28F2N4OS/c1-35(2)13-6-14-36-19-24(39-31(36)29-26-17-22(33)11-12-27(26)34-30(29)38)15-20-18-37(23-8-5-7-21(32)16-23)28-10-4-3-9-25(20)28/h3-5,7-12,15-18H,6,13-14,19H2,1-2H3,(H,34,38). The van der Waals surface area contributed by atoms with Crippen LogP contribution in [0.5, 0.6) is 0 Å². The van der Waals surface area contributed by atoms with E-state index in [2.05, 4.69) is 27.3 Å². The van der Waals surface area contributed by atoms with Gasteiger partial charge in [0.15, 0.2) is 0 Å². The molecule has 3 aromatic carbocycles. The SMILES string of the molecule is CN(C)CCCN1CC(=Cc2cn(-c3cccc(F)c3)c3ccccc23)SC1=C1C(=O)Nc2ccc(F)cc21. The van der Waals surface area contributed by atoms with Crippen molar-refractivity contribution in [3.05, 3.63) is 106 Å². The fourth-order valence-corrected chi connectivity index (χ4v) is 6.45. The molecule has 1 amide bonds.